The minimum atomic E-state index is -0.524. The van der Waals surface area contributed by atoms with Crippen LogP contribution in [0.1, 0.15) is 51.9 Å². The molecule has 0 aliphatic rings. The zero-order chi connectivity index (χ0) is 61.0. The van der Waals surface area contributed by atoms with Crippen molar-refractivity contribution in [1.29, 1.82) is 0 Å². The molecule has 9 heterocycles. The lowest BCUT2D eigenvalue weighted by Gasteiger charge is -2.08. The molecule has 438 valence electrons. The molecule has 0 aliphatic carbocycles. The topological polar surface area (TPSA) is 313 Å². The van der Waals surface area contributed by atoms with E-state index >= 15 is 0 Å². The van der Waals surface area contributed by atoms with Gasteiger partial charge in [0.2, 0.25) is 17.8 Å². The summed E-state index contributed by atoms with van der Waals surface area (Å²) in [5.74, 6) is 1.39. The van der Waals surface area contributed by atoms with E-state index in [1.165, 1.54) is 30.6 Å². The molecule has 0 fully saturated rings. The van der Waals surface area contributed by atoms with Crippen LogP contribution in [0.5, 0.6) is 0 Å². The summed E-state index contributed by atoms with van der Waals surface area (Å²) >= 11 is 0. The van der Waals surface area contributed by atoms with Gasteiger partial charge < -0.3 is 30.9 Å². The maximum atomic E-state index is 14.5. The number of hydrogen-bond acceptors (Lipinski definition) is 14. The number of pyridine rings is 4. The zero-order valence-corrected chi connectivity index (χ0v) is 48.0. The fraction of sp³-hybridized carbons (Fsp3) is 0.161. The molecule has 0 radical (unpaired) electrons. The summed E-state index contributed by atoms with van der Waals surface area (Å²) in [6, 6.07) is 26.0. The van der Waals surface area contributed by atoms with Gasteiger partial charge in [0.1, 0.15) is 33.9 Å². The number of nitrogens with zero attached hydrogens (tertiary/aromatic N) is 11. The fourth-order valence-electron chi connectivity index (χ4n) is 9.07. The molecule has 0 saturated heterocycles. The van der Waals surface area contributed by atoms with Crippen molar-refractivity contribution < 1.29 is 23.2 Å². The summed E-state index contributed by atoms with van der Waals surface area (Å²) in [6.07, 6.45) is 14.6. The lowest BCUT2D eigenvalue weighted by Crippen LogP contribution is -2.28. The van der Waals surface area contributed by atoms with Crippen molar-refractivity contribution in [2.24, 2.45) is 0 Å². The van der Waals surface area contributed by atoms with E-state index in [1.54, 1.807) is 56.0 Å². The number of aryl methyl sites for hydroxylation is 1. The Morgan fingerprint density at radius 2 is 0.920 bits per heavy atom. The summed E-state index contributed by atoms with van der Waals surface area (Å²) in [4.78, 5) is 92.9. The number of halogens is 2. The number of hydrogen-bond donors (Lipinski definition) is 9. The first-order valence-corrected chi connectivity index (χ1v) is 27.7. The van der Waals surface area contributed by atoms with E-state index in [-0.39, 0.29) is 23.7 Å². The van der Waals surface area contributed by atoms with Crippen LogP contribution in [0, 0.1) is 18.6 Å². The third kappa shape index (κ3) is 14.1. The highest BCUT2D eigenvalue weighted by atomic mass is 19.1. The minimum Gasteiger partial charge on any atom is -0.338 e. The van der Waals surface area contributed by atoms with Gasteiger partial charge >= 0.3 is 18.1 Å². The van der Waals surface area contributed by atoms with Crippen molar-refractivity contribution in [2.75, 3.05) is 35.6 Å². The van der Waals surface area contributed by atoms with Gasteiger partial charge in [-0.1, -0.05) is 26.0 Å². The van der Waals surface area contributed by atoms with Gasteiger partial charge in [-0.05, 0) is 129 Å². The van der Waals surface area contributed by atoms with Crippen molar-refractivity contribution in [3.63, 3.8) is 0 Å². The van der Waals surface area contributed by atoms with Crippen molar-refractivity contribution in [1.82, 2.24) is 85.7 Å². The van der Waals surface area contributed by atoms with E-state index in [2.05, 4.69) is 122 Å². The Balaban J connectivity index is 0.000000145. The van der Waals surface area contributed by atoms with Crippen molar-refractivity contribution in [3.05, 3.63) is 170 Å². The van der Waals surface area contributed by atoms with Crippen LogP contribution in [0.2, 0.25) is 0 Å². The molecule has 9 aromatic heterocycles. The number of anilines is 3. The number of aromatic amines is 3. The lowest BCUT2D eigenvalue weighted by molar-refractivity contribution is 0.251. The van der Waals surface area contributed by atoms with E-state index in [1.807, 2.05) is 75.6 Å². The first-order chi connectivity index (χ1) is 42.2. The molecule has 0 spiro atoms. The minimum absolute atomic E-state index is 0.0970. The van der Waals surface area contributed by atoms with Gasteiger partial charge in [0.15, 0.2) is 11.6 Å². The number of fused-ring (bicyclic) bond motifs is 3. The van der Waals surface area contributed by atoms with Crippen LogP contribution in [0.3, 0.4) is 0 Å². The molecule has 25 heteroatoms. The first-order valence-electron chi connectivity index (χ1n) is 27.7. The molecule has 87 heavy (non-hydrogen) atoms. The fourth-order valence-corrected chi connectivity index (χ4v) is 9.07. The number of nitrogens with one attached hydrogen (secondary N) is 9. The average Bonchev–Trinajstić information content (AvgIpc) is 2.00. The maximum Gasteiger partial charge on any atom is 0.321 e. The molecule has 0 saturated carbocycles. The SMILES string of the molecule is CCNC(=O)Nc1nc2c(-c3ncccc3F)cc(-c3cncc(F)c3)cc2[nH]1.CCNC(=O)Nc1nc2c(-c3ncccn3)cc(-c3ccc(C(C)C)nc3)cc2[nH]1.CCNC(=O)Nc1nc2c(-c3ncccn3)cc(-c3ccc(C)nc3)cc2[nH]1. The number of benzene rings is 3. The highest BCUT2D eigenvalue weighted by Gasteiger charge is 2.20. The third-order valence-electron chi connectivity index (χ3n) is 13.1. The Morgan fingerprint density at radius 3 is 1.34 bits per heavy atom. The number of carbonyl (C=O) groups excluding carboxylic acids is 3. The standard InChI is InChI=1S/C22H23N7O.C20H16F2N6O.C20H19N7O/c1-4-23-22(30)29-21-27-18-11-15(14-6-7-17(13(2)3)26-12-14)10-16(19(18)28-21)20-24-8-5-9-25-20;1-2-24-20(29)28-19-26-16-8-11(12-6-13(21)10-23-9-12)7-14(18(16)27-19)17-15(22)4-3-5-25-17;1-3-21-20(28)27-19-25-16-10-14(13-6-5-12(2)24-11-13)9-15(17(16)26-19)18-22-7-4-8-23-18/h5-13H,4H2,1-3H3,(H3,23,27,28,29,30);3-10H,2H2,1H3,(H3,24,26,27,28,29);4-11H,3H2,1-2H3,(H3,21,25,26,27,28). The second-order valence-corrected chi connectivity index (χ2v) is 19.7. The number of imidazole rings is 3. The van der Waals surface area contributed by atoms with Crippen LogP contribution < -0.4 is 31.9 Å². The summed E-state index contributed by atoms with van der Waals surface area (Å²) in [7, 11) is 0. The number of carbonyl (C=O) groups is 3. The lowest BCUT2D eigenvalue weighted by atomic mass is 10.0. The number of aromatic nitrogens is 14. The molecule has 3 aromatic carbocycles. The second kappa shape index (κ2) is 26.8. The molecule has 6 amide bonds. The predicted molar refractivity (Wildman–Crippen MR) is 330 cm³/mol. The van der Waals surface area contributed by atoms with Crippen LogP contribution >= 0.6 is 0 Å². The Hall–Kier alpha value is -11.5. The summed E-state index contributed by atoms with van der Waals surface area (Å²) in [6.45, 7) is 13.2. The normalized spacial score (nSPS) is 10.9. The third-order valence-corrected chi connectivity index (χ3v) is 13.1. The van der Waals surface area contributed by atoms with Gasteiger partial charge in [-0.15, -0.1) is 0 Å². The molecule has 9 N–H and O–H groups in total. The summed E-state index contributed by atoms with van der Waals surface area (Å²) < 4.78 is 28.1. The highest BCUT2D eigenvalue weighted by molar-refractivity contribution is 6.00. The van der Waals surface area contributed by atoms with Gasteiger partial charge in [-0.25, -0.2) is 58.1 Å². The van der Waals surface area contributed by atoms with Crippen LogP contribution in [0.15, 0.2) is 147 Å². The molecular weight excluding hydrogens is 1110 g/mol. The Kier molecular flexibility index (Phi) is 18.1. The van der Waals surface area contributed by atoms with Gasteiger partial charge in [0.05, 0.1) is 22.7 Å². The van der Waals surface area contributed by atoms with E-state index in [0.717, 1.165) is 62.0 Å². The smallest absolute Gasteiger partial charge is 0.321 e. The first kappa shape index (κ1) is 58.7. The molecule has 12 rings (SSSR count). The van der Waals surface area contributed by atoms with Gasteiger partial charge in [0.25, 0.3) is 0 Å². The molecule has 12 aromatic rings. The van der Waals surface area contributed by atoms with Crippen LogP contribution in [-0.2, 0) is 0 Å². The summed E-state index contributed by atoms with van der Waals surface area (Å²) in [5.41, 5.74) is 12.9. The molecule has 0 bridgehead atoms. The molecular formula is C62H58F2N20O3. The number of rotatable bonds is 13. The molecule has 0 unspecified atom stereocenters. The van der Waals surface area contributed by atoms with Crippen molar-refractivity contribution >= 4 is 69.0 Å². The zero-order valence-electron chi connectivity index (χ0n) is 48.0. The van der Waals surface area contributed by atoms with E-state index in [4.69, 9.17) is 0 Å². The molecule has 23 nitrogen and oxygen atoms in total. The monoisotopic (exact) mass is 1170 g/mol. The number of urea groups is 3. The average molecular weight is 1170 g/mol. The largest absolute Gasteiger partial charge is 0.338 e. The molecule has 0 aliphatic heterocycles. The van der Waals surface area contributed by atoms with Crippen molar-refractivity contribution in [3.8, 4) is 67.4 Å². The summed E-state index contributed by atoms with van der Waals surface area (Å²) in [5, 5.41) is 16.0. The van der Waals surface area contributed by atoms with Crippen LogP contribution in [0.25, 0.3) is 101 Å². The molecule has 0 atom stereocenters. The quantitative estimate of drug-likeness (QED) is 0.0519. The highest BCUT2D eigenvalue weighted by Crippen LogP contribution is 2.36. The van der Waals surface area contributed by atoms with Crippen LogP contribution in [-0.4, -0.2) is 108 Å². The van der Waals surface area contributed by atoms with Crippen molar-refractivity contribution in [2.45, 2.75) is 47.5 Å². The number of amides is 6. The Morgan fingerprint density at radius 1 is 0.471 bits per heavy atom. The van der Waals surface area contributed by atoms with Crippen LogP contribution in [0.4, 0.5) is 41.0 Å². The Labute approximate surface area is 496 Å². The van der Waals surface area contributed by atoms with E-state index < -0.39 is 17.7 Å². The number of H-pyrrole nitrogens is 3. The van der Waals surface area contributed by atoms with Gasteiger partial charge in [-0.2, -0.15) is 0 Å². The van der Waals surface area contributed by atoms with E-state index in [0.29, 0.717) is 87.9 Å². The Bertz CT molecular complexity index is 4390. The van der Waals surface area contributed by atoms with E-state index in [9.17, 15) is 23.2 Å². The van der Waals surface area contributed by atoms with Gasteiger partial charge in [0, 0.05) is 114 Å². The van der Waals surface area contributed by atoms with Gasteiger partial charge in [-0.3, -0.25) is 35.9 Å². The predicted octanol–water partition coefficient (Wildman–Crippen LogP) is 12.0. The maximum absolute atomic E-state index is 14.5. The second-order valence-electron chi connectivity index (χ2n) is 19.7.